The number of phenolic OH excluding ortho intramolecular Hbond substituents is 1. The monoisotopic (exact) mass is 304 g/mol. The molecule has 0 saturated carbocycles. The minimum absolute atomic E-state index is 0.0670. The highest BCUT2D eigenvalue weighted by molar-refractivity contribution is 7.09. The van der Waals surface area contributed by atoms with E-state index in [0.29, 0.717) is 25.4 Å². The highest BCUT2D eigenvalue weighted by Crippen LogP contribution is 2.24. The molecular weight excluding hydrogens is 288 g/mol. The van der Waals surface area contributed by atoms with Crippen LogP contribution >= 0.6 is 11.3 Å². The van der Waals surface area contributed by atoms with E-state index in [4.69, 9.17) is 4.74 Å². The molecular formula is C15H16N2O3S. The van der Waals surface area contributed by atoms with E-state index in [0.717, 1.165) is 17.0 Å². The first kappa shape index (κ1) is 14.0. The van der Waals surface area contributed by atoms with Gasteiger partial charge in [0.05, 0.1) is 6.61 Å². The van der Waals surface area contributed by atoms with Gasteiger partial charge in [0.2, 0.25) is 0 Å². The number of thiazole rings is 1. The maximum Gasteiger partial charge on any atom is 0.273 e. The fraction of sp³-hybridized carbons (Fsp3) is 0.333. The molecule has 3 rings (SSSR count). The van der Waals surface area contributed by atoms with Crippen molar-refractivity contribution in [2.45, 2.75) is 19.6 Å². The van der Waals surface area contributed by atoms with Gasteiger partial charge in [0, 0.05) is 25.6 Å². The molecule has 0 bridgehead atoms. The Morgan fingerprint density at radius 2 is 2.33 bits per heavy atom. The molecule has 1 aromatic carbocycles. The zero-order chi connectivity index (χ0) is 14.8. The third-order valence-electron chi connectivity index (χ3n) is 3.53. The van der Waals surface area contributed by atoms with Crippen LogP contribution in [0.25, 0.3) is 0 Å². The van der Waals surface area contributed by atoms with Gasteiger partial charge in [-0.05, 0) is 29.7 Å². The van der Waals surface area contributed by atoms with Gasteiger partial charge in [0.15, 0.2) is 0 Å². The Hall–Kier alpha value is -1.92. The molecule has 5 nitrogen and oxygen atoms in total. The van der Waals surface area contributed by atoms with Crippen LogP contribution < -0.4 is 0 Å². The van der Waals surface area contributed by atoms with Crippen LogP contribution in [0, 0.1) is 0 Å². The fourth-order valence-electron chi connectivity index (χ4n) is 2.48. The second kappa shape index (κ2) is 5.83. The van der Waals surface area contributed by atoms with Crippen molar-refractivity contribution in [3.05, 3.63) is 45.4 Å². The summed E-state index contributed by atoms with van der Waals surface area (Å²) in [6.45, 7) is 1.61. The highest BCUT2D eigenvalue weighted by Gasteiger charge is 2.23. The molecule has 1 aliphatic rings. The number of aromatic nitrogens is 1. The van der Waals surface area contributed by atoms with Crippen molar-refractivity contribution in [2.75, 3.05) is 13.7 Å². The summed E-state index contributed by atoms with van der Waals surface area (Å²) in [5.41, 5.74) is 2.66. The average molecular weight is 304 g/mol. The number of fused-ring (bicyclic) bond motifs is 1. The molecule has 0 unspecified atom stereocenters. The minimum Gasteiger partial charge on any atom is -0.508 e. The number of hydrogen-bond donors (Lipinski definition) is 1. The highest BCUT2D eigenvalue weighted by atomic mass is 32.1. The molecule has 0 radical (unpaired) electrons. The summed E-state index contributed by atoms with van der Waals surface area (Å²) in [5.74, 6) is 0.168. The molecule has 6 heteroatoms. The fourth-order valence-corrected chi connectivity index (χ4v) is 3.22. The third kappa shape index (κ3) is 2.91. The van der Waals surface area contributed by atoms with Crippen LogP contribution in [0.4, 0.5) is 0 Å². The average Bonchev–Trinajstić information content (AvgIpc) is 2.94. The zero-order valence-corrected chi connectivity index (χ0v) is 12.5. The number of carbonyl (C=O) groups excluding carboxylic acids is 1. The standard InChI is InChI=1S/C15H16N2O3S/c1-20-8-14-16-13(9-21-14)15(19)17-5-4-10-2-3-12(18)6-11(10)7-17/h2-3,6,9,18H,4-5,7-8H2,1H3. The van der Waals surface area contributed by atoms with Gasteiger partial charge < -0.3 is 14.7 Å². The molecule has 1 aromatic heterocycles. The molecule has 0 fully saturated rings. The van der Waals surface area contributed by atoms with Gasteiger partial charge in [-0.1, -0.05) is 6.07 Å². The summed E-state index contributed by atoms with van der Waals surface area (Å²) >= 11 is 1.43. The molecule has 2 aromatic rings. The summed E-state index contributed by atoms with van der Waals surface area (Å²) in [6.07, 6.45) is 0.802. The van der Waals surface area contributed by atoms with E-state index in [1.165, 1.54) is 16.9 Å². The number of rotatable bonds is 3. The molecule has 0 atom stereocenters. The molecule has 110 valence electrons. The Kier molecular flexibility index (Phi) is 3.90. The lowest BCUT2D eigenvalue weighted by molar-refractivity contribution is 0.0728. The summed E-state index contributed by atoms with van der Waals surface area (Å²) in [5, 5.41) is 12.1. The van der Waals surface area contributed by atoms with Crippen molar-refractivity contribution in [3.63, 3.8) is 0 Å². The first-order chi connectivity index (χ1) is 10.2. The van der Waals surface area contributed by atoms with Crippen molar-refractivity contribution < 1.29 is 14.6 Å². The van der Waals surface area contributed by atoms with E-state index in [2.05, 4.69) is 4.98 Å². The molecule has 0 aliphatic carbocycles. The van der Waals surface area contributed by atoms with E-state index in [1.807, 2.05) is 6.07 Å². The van der Waals surface area contributed by atoms with Gasteiger partial charge in [-0.3, -0.25) is 4.79 Å². The first-order valence-corrected chi connectivity index (χ1v) is 7.58. The smallest absolute Gasteiger partial charge is 0.273 e. The van der Waals surface area contributed by atoms with Gasteiger partial charge in [-0.15, -0.1) is 11.3 Å². The molecule has 1 amide bonds. The van der Waals surface area contributed by atoms with E-state index in [1.54, 1.807) is 29.5 Å². The first-order valence-electron chi connectivity index (χ1n) is 6.71. The number of amides is 1. The molecule has 1 N–H and O–H groups in total. The van der Waals surface area contributed by atoms with Crippen LogP contribution in [0.5, 0.6) is 5.75 Å². The molecule has 21 heavy (non-hydrogen) atoms. The van der Waals surface area contributed by atoms with Gasteiger partial charge >= 0.3 is 0 Å². The van der Waals surface area contributed by atoms with Gasteiger partial charge in [-0.2, -0.15) is 0 Å². The number of hydrogen-bond acceptors (Lipinski definition) is 5. The number of aromatic hydroxyl groups is 1. The number of methoxy groups -OCH3 is 1. The summed E-state index contributed by atoms with van der Waals surface area (Å²) in [7, 11) is 1.61. The van der Waals surface area contributed by atoms with Crippen LogP contribution in [0.3, 0.4) is 0 Å². The lowest BCUT2D eigenvalue weighted by Crippen LogP contribution is -2.36. The second-order valence-electron chi connectivity index (χ2n) is 4.99. The van der Waals surface area contributed by atoms with Crippen LogP contribution in [-0.2, 0) is 24.3 Å². The quantitative estimate of drug-likeness (QED) is 0.944. The Morgan fingerprint density at radius 1 is 1.48 bits per heavy atom. The van der Waals surface area contributed by atoms with Crippen LogP contribution in [0.15, 0.2) is 23.6 Å². The Balaban J connectivity index is 1.76. The molecule has 2 heterocycles. The predicted octanol–water partition coefficient (Wildman–Crippen LogP) is 2.19. The Morgan fingerprint density at radius 3 is 3.14 bits per heavy atom. The Bertz CT molecular complexity index is 669. The summed E-state index contributed by atoms with van der Waals surface area (Å²) in [6, 6.07) is 5.34. The zero-order valence-electron chi connectivity index (χ0n) is 11.7. The van der Waals surface area contributed by atoms with Crippen LogP contribution in [0.2, 0.25) is 0 Å². The topological polar surface area (TPSA) is 62.7 Å². The normalized spacial score (nSPS) is 14.0. The minimum atomic E-state index is -0.0670. The lowest BCUT2D eigenvalue weighted by Gasteiger charge is -2.28. The van der Waals surface area contributed by atoms with Gasteiger partial charge in [-0.25, -0.2) is 4.98 Å². The Labute approximate surface area is 126 Å². The largest absolute Gasteiger partial charge is 0.508 e. The van der Waals surface area contributed by atoms with E-state index in [9.17, 15) is 9.90 Å². The van der Waals surface area contributed by atoms with E-state index < -0.39 is 0 Å². The van der Waals surface area contributed by atoms with Gasteiger partial charge in [0.25, 0.3) is 5.91 Å². The molecule has 0 saturated heterocycles. The van der Waals surface area contributed by atoms with Crippen molar-refractivity contribution >= 4 is 17.2 Å². The summed E-state index contributed by atoms with van der Waals surface area (Å²) < 4.78 is 5.02. The van der Waals surface area contributed by atoms with Crippen molar-refractivity contribution in [2.24, 2.45) is 0 Å². The number of carbonyl (C=O) groups is 1. The van der Waals surface area contributed by atoms with E-state index in [-0.39, 0.29) is 11.7 Å². The second-order valence-corrected chi connectivity index (χ2v) is 5.93. The maximum absolute atomic E-state index is 12.5. The number of phenols is 1. The van der Waals surface area contributed by atoms with Crippen LogP contribution in [-0.4, -0.2) is 34.6 Å². The maximum atomic E-state index is 12.5. The SMILES string of the molecule is COCc1nc(C(=O)N2CCc3ccc(O)cc3C2)cs1. The van der Waals surface area contributed by atoms with Crippen molar-refractivity contribution in [3.8, 4) is 5.75 Å². The summed E-state index contributed by atoms with van der Waals surface area (Å²) in [4.78, 5) is 18.6. The molecule has 0 spiro atoms. The number of benzene rings is 1. The number of ether oxygens (including phenoxy) is 1. The lowest BCUT2D eigenvalue weighted by atomic mass is 9.99. The van der Waals surface area contributed by atoms with Gasteiger partial charge in [0.1, 0.15) is 16.5 Å². The third-order valence-corrected chi connectivity index (χ3v) is 4.35. The van der Waals surface area contributed by atoms with E-state index >= 15 is 0 Å². The number of nitrogens with zero attached hydrogens (tertiary/aromatic N) is 2. The predicted molar refractivity (Wildman–Crippen MR) is 79.4 cm³/mol. The van der Waals surface area contributed by atoms with Crippen molar-refractivity contribution in [1.82, 2.24) is 9.88 Å². The molecule has 1 aliphatic heterocycles. The van der Waals surface area contributed by atoms with Crippen molar-refractivity contribution in [1.29, 1.82) is 0 Å². The van der Waals surface area contributed by atoms with Crippen LogP contribution in [0.1, 0.15) is 26.6 Å².